The highest BCUT2D eigenvalue weighted by Gasteiger charge is 2.19. The lowest BCUT2D eigenvalue weighted by Gasteiger charge is -2.18. The smallest absolute Gasteiger partial charge is 0.265 e. The predicted octanol–water partition coefficient (Wildman–Crippen LogP) is 4.58. The molecule has 0 aliphatic rings. The van der Waals surface area contributed by atoms with E-state index >= 15 is 0 Å². The van der Waals surface area contributed by atoms with Gasteiger partial charge in [0, 0.05) is 11.1 Å². The molecule has 6 heteroatoms. The number of halogens is 1. The Bertz CT molecular complexity index is 823. The van der Waals surface area contributed by atoms with Crippen molar-refractivity contribution in [3.63, 3.8) is 0 Å². The summed E-state index contributed by atoms with van der Waals surface area (Å²) < 4.78 is 5.70. The van der Waals surface area contributed by atoms with Gasteiger partial charge in [0.05, 0.1) is 11.3 Å². The van der Waals surface area contributed by atoms with Crippen molar-refractivity contribution in [1.29, 1.82) is 0 Å². The first-order valence-electron chi connectivity index (χ1n) is 8.95. The van der Waals surface area contributed by atoms with Crippen LogP contribution in [0.1, 0.15) is 43.1 Å². The molecule has 0 unspecified atom stereocenters. The minimum Gasteiger partial charge on any atom is -0.481 e. The molecule has 0 aliphatic heterocycles. The third-order valence-corrected chi connectivity index (χ3v) is 4.66. The van der Waals surface area contributed by atoms with Gasteiger partial charge < -0.3 is 15.4 Å². The number of ether oxygens (including phenoxy) is 1. The molecule has 144 valence electrons. The quantitative estimate of drug-likeness (QED) is 0.729. The first-order valence-corrected chi connectivity index (χ1v) is 9.33. The zero-order valence-corrected chi connectivity index (χ0v) is 16.8. The summed E-state index contributed by atoms with van der Waals surface area (Å²) >= 11 is 6.01. The van der Waals surface area contributed by atoms with E-state index in [2.05, 4.69) is 10.6 Å². The molecule has 2 amide bonds. The SMILES string of the molecule is CC[C@H](C)NC(=O)c1ccccc1NC(=O)[C@@H](C)Oc1ccc(Cl)c(C)c1. The number of anilines is 1. The van der Waals surface area contributed by atoms with E-state index in [1.54, 1.807) is 49.4 Å². The lowest BCUT2D eigenvalue weighted by atomic mass is 10.1. The second kappa shape index (κ2) is 9.42. The van der Waals surface area contributed by atoms with Gasteiger partial charge >= 0.3 is 0 Å². The van der Waals surface area contributed by atoms with Crippen molar-refractivity contribution < 1.29 is 14.3 Å². The fourth-order valence-corrected chi connectivity index (χ4v) is 2.49. The van der Waals surface area contributed by atoms with Crippen LogP contribution in [0, 0.1) is 6.92 Å². The summed E-state index contributed by atoms with van der Waals surface area (Å²) in [5, 5.41) is 6.32. The van der Waals surface area contributed by atoms with Crippen molar-refractivity contribution in [2.45, 2.75) is 46.3 Å². The summed E-state index contributed by atoms with van der Waals surface area (Å²) in [6.07, 6.45) is 0.0855. The number of aryl methyl sites for hydroxylation is 1. The Balaban J connectivity index is 2.08. The number of nitrogens with one attached hydrogen (secondary N) is 2. The molecule has 2 aromatic rings. The van der Waals surface area contributed by atoms with Crippen LogP contribution in [-0.4, -0.2) is 24.0 Å². The lowest BCUT2D eigenvalue weighted by Crippen LogP contribution is -2.34. The highest BCUT2D eigenvalue weighted by Crippen LogP contribution is 2.22. The van der Waals surface area contributed by atoms with Crippen LogP contribution < -0.4 is 15.4 Å². The van der Waals surface area contributed by atoms with Crippen LogP contribution in [0.15, 0.2) is 42.5 Å². The fourth-order valence-electron chi connectivity index (χ4n) is 2.38. The second-order valence-corrected chi connectivity index (χ2v) is 6.90. The first-order chi connectivity index (χ1) is 12.8. The van der Waals surface area contributed by atoms with Gasteiger partial charge in [-0.1, -0.05) is 30.7 Å². The molecule has 0 aliphatic carbocycles. The summed E-state index contributed by atoms with van der Waals surface area (Å²) in [7, 11) is 0. The molecule has 2 N–H and O–H groups in total. The van der Waals surface area contributed by atoms with E-state index in [0.29, 0.717) is 22.0 Å². The maximum absolute atomic E-state index is 12.5. The van der Waals surface area contributed by atoms with Gasteiger partial charge in [-0.3, -0.25) is 9.59 Å². The monoisotopic (exact) mass is 388 g/mol. The molecule has 0 saturated carbocycles. The molecule has 0 aromatic heterocycles. The third kappa shape index (κ3) is 5.73. The van der Waals surface area contributed by atoms with Crippen LogP contribution in [0.3, 0.4) is 0 Å². The summed E-state index contributed by atoms with van der Waals surface area (Å²) in [4.78, 5) is 25.0. The number of amides is 2. The van der Waals surface area contributed by atoms with Crippen LogP contribution in [0.2, 0.25) is 5.02 Å². The normalized spacial score (nSPS) is 12.8. The number of hydrogen-bond acceptors (Lipinski definition) is 3. The number of benzene rings is 2. The predicted molar refractivity (Wildman–Crippen MR) is 109 cm³/mol. The number of carbonyl (C=O) groups is 2. The van der Waals surface area contributed by atoms with Crippen LogP contribution in [-0.2, 0) is 4.79 Å². The Hall–Kier alpha value is -2.53. The van der Waals surface area contributed by atoms with Crippen LogP contribution in [0.25, 0.3) is 0 Å². The van der Waals surface area contributed by atoms with E-state index < -0.39 is 6.10 Å². The number of hydrogen-bond donors (Lipinski definition) is 2. The van der Waals surface area contributed by atoms with Crippen LogP contribution >= 0.6 is 11.6 Å². The van der Waals surface area contributed by atoms with Crippen molar-refractivity contribution in [2.24, 2.45) is 0 Å². The Kier molecular flexibility index (Phi) is 7.25. The van der Waals surface area contributed by atoms with E-state index in [1.165, 1.54) is 0 Å². The topological polar surface area (TPSA) is 67.4 Å². The van der Waals surface area contributed by atoms with Crippen LogP contribution in [0.5, 0.6) is 5.75 Å². The van der Waals surface area contributed by atoms with E-state index in [-0.39, 0.29) is 17.9 Å². The van der Waals surface area contributed by atoms with Crippen molar-refractivity contribution >= 4 is 29.1 Å². The molecule has 0 radical (unpaired) electrons. The molecular weight excluding hydrogens is 364 g/mol. The fraction of sp³-hybridized carbons (Fsp3) is 0.333. The molecule has 27 heavy (non-hydrogen) atoms. The van der Waals surface area contributed by atoms with Gasteiger partial charge in [-0.2, -0.15) is 0 Å². The van der Waals surface area contributed by atoms with Crippen molar-refractivity contribution in [3.8, 4) is 5.75 Å². The number of rotatable bonds is 7. The summed E-state index contributed by atoms with van der Waals surface area (Å²) in [5.41, 5.74) is 1.74. The van der Waals surface area contributed by atoms with E-state index in [9.17, 15) is 9.59 Å². The molecule has 0 fully saturated rings. The molecule has 2 atom stereocenters. The highest BCUT2D eigenvalue weighted by molar-refractivity contribution is 6.31. The minimum atomic E-state index is -0.740. The Morgan fingerprint density at radius 1 is 1.15 bits per heavy atom. The van der Waals surface area contributed by atoms with Crippen molar-refractivity contribution in [3.05, 3.63) is 58.6 Å². The van der Waals surface area contributed by atoms with Gasteiger partial charge in [0.1, 0.15) is 5.75 Å². The number of carbonyl (C=O) groups excluding carboxylic acids is 2. The van der Waals surface area contributed by atoms with E-state index in [4.69, 9.17) is 16.3 Å². The largest absolute Gasteiger partial charge is 0.481 e. The lowest BCUT2D eigenvalue weighted by molar-refractivity contribution is -0.122. The van der Waals surface area contributed by atoms with Gasteiger partial charge in [-0.25, -0.2) is 0 Å². The highest BCUT2D eigenvalue weighted by atomic mass is 35.5. The average Bonchev–Trinajstić information content (AvgIpc) is 2.64. The molecule has 0 heterocycles. The summed E-state index contributed by atoms with van der Waals surface area (Å²) in [6.45, 7) is 7.45. The molecule has 0 bridgehead atoms. The van der Waals surface area contributed by atoms with Gasteiger partial charge in [0.15, 0.2) is 6.10 Å². The third-order valence-electron chi connectivity index (χ3n) is 4.23. The van der Waals surface area contributed by atoms with Gasteiger partial charge in [0.2, 0.25) is 0 Å². The molecule has 5 nitrogen and oxygen atoms in total. The summed E-state index contributed by atoms with van der Waals surface area (Å²) in [6, 6.07) is 12.2. The molecule has 0 saturated heterocycles. The maximum atomic E-state index is 12.5. The maximum Gasteiger partial charge on any atom is 0.265 e. The Morgan fingerprint density at radius 3 is 2.52 bits per heavy atom. The molecular formula is C21H25ClN2O3. The molecule has 2 rings (SSSR count). The van der Waals surface area contributed by atoms with Crippen LogP contribution in [0.4, 0.5) is 5.69 Å². The Labute approximate surface area is 165 Å². The number of para-hydroxylation sites is 1. The van der Waals surface area contributed by atoms with E-state index in [1.807, 2.05) is 20.8 Å². The van der Waals surface area contributed by atoms with Gasteiger partial charge in [-0.15, -0.1) is 0 Å². The first kappa shape index (κ1) is 20.8. The summed E-state index contributed by atoms with van der Waals surface area (Å²) in [5.74, 6) is -0.00381. The molecule has 0 spiro atoms. The van der Waals surface area contributed by atoms with Crippen molar-refractivity contribution in [1.82, 2.24) is 5.32 Å². The van der Waals surface area contributed by atoms with E-state index in [0.717, 1.165) is 12.0 Å². The molecule has 2 aromatic carbocycles. The van der Waals surface area contributed by atoms with Crippen molar-refractivity contribution in [2.75, 3.05) is 5.32 Å². The average molecular weight is 389 g/mol. The zero-order chi connectivity index (χ0) is 20.0. The van der Waals surface area contributed by atoms with Gasteiger partial charge in [0.25, 0.3) is 11.8 Å². The Morgan fingerprint density at radius 2 is 1.85 bits per heavy atom. The minimum absolute atomic E-state index is 0.0525. The second-order valence-electron chi connectivity index (χ2n) is 6.49. The zero-order valence-electron chi connectivity index (χ0n) is 16.0. The standard InChI is InChI=1S/C21H25ClN2O3/c1-5-14(3)23-21(26)17-8-6-7-9-19(17)24-20(25)15(4)27-16-10-11-18(22)13(2)12-16/h6-12,14-15H,5H2,1-4H3,(H,23,26)(H,24,25)/t14-,15+/m0/s1. The van der Waals surface area contributed by atoms with Gasteiger partial charge in [-0.05, 0) is 63.1 Å².